The lowest BCUT2D eigenvalue weighted by Gasteiger charge is -2.23. The van der Waals surface area contributed by atoms with Gasteiger partial charge in [0.25, 0.3) is 0 Å². The molecule has 1 unspecified atom stereocenters. The molecule has 0 amide bonds. The molecule has 0 heterocycles. The number of likely N-dealkylation sites (N-methyl/N-ethyl adjacent to an activating group) is 1. The van der Waals surface area contributed by atoms with Crippen LogP contribution in [0.2, 0.25) is 0 Å². The molecule has 1 rings (SSSR count). The minimum absolute atomic E-state index is 0.104. The van der Waals surface area contributed by atoms with Crippen LogP contribution >= 0.6 is 0 Å². The van der Waals surface area contributed by atoms with Gasteiger partial charge >= 0.3 is 0 Å². The first kappa shape index (κ1) is 16.1. The summed E-state index contributed by atoms with van der Waals surface area (Å²) in [5, 5.41) is 13.1. The number of aliphatic hydroxyl groups is 1. The van der Waals surface area contributed by atoms with E-state index in [1.54, 1.807) is 12.1 Å². The first-order chi connectivity index (χ1) is 9.08. The highest BCUT2D eigenvalue weighted by atomic mass is 19.1. The molecule has 0 saturated carbocycles. The van der Waals surface area contributed by atoms with Crippen LogP contribution in [0.1, 0.15) is 32.4 Å². The molecule has 108 valence electrons. The molecule has 2 N–H and O–H groups in total. The minimum atomic E-state index is -0.436. The summed E-state index contributed by atoms with van der Waals surface area (Å²) in [6.45, 7) is 9.02. The quantitative estimate of drug-likeness (QED) is 0.758. The van der Waals surface area contributed by atoms with Crippen molar-refractivity contribution in [3.8, 4) is 0 Å². The zero-order chi connectivity index (χ0) is 14.3. The Balaban J connectivity index is 2.42. The third-order valence-electron chi connectivity index (χ3n) is 3.39. The van der Waals surface area contributed by atoms with E-state index in [9.17, 15) is 9.50 Å². The van der Waals surface area contributed by atoms with Crippen molar-refractivity contribution in [1.29, 1.82) is 0 Å². The van der Waals surface area contributed by atoms with E-state index in [0.717, 1.165) is 13.1 Å². The SMILES string of the molecule is CCN(CC)CC(O)CN[C@H](C)c1ccccc1F. The van der Waals surface area contributed by atoms with Gasteiger partial charge in [-0.05, 0) is 26.1 Å². The molecule has 0 aliphatic carbocycles. The molecule has 0 aliphatic heterocycles. The van der Waals surface area contributed by atoms with Crippen molar-refractivity contribution in [3.05, 3.63) is 35.6 Å². The third kappa shape index (κ3) is 5.27. The smallest absolute Gasteiger partial charge is 0.127 e. The molecule has 1 aromatic carbocycles. The average molecular weight is 268 g/mol. The Morgan fingerprint density at radius 3 is 2.47 bits per heavy atom. The number of aliphatic hydroxyl groups excluding tert-OH is 1. The van der Waals surface area contributed by atoms with Crippen LogP contribution in [-0.4, -0.2) is 42.3 Å². The van der Waals surface area contributed by atoms with Crippen LogP contribution in [0.4, 0.5) is 4.39 Å². The first-order valence-corrected chi connectivity index (χ1v) is 6.96. The summed E-state index contributed by atoms with van der Waals surface area (Å²) in [5.74, 6) is -0.208. The van der Waals surface area contributed by atoms with E-state index >= 15 is 0 Å². The Kier molecular flexibility index (Phi) is 6.99. The zero-order valence-electron chi connectivity index (χ0n) is 12.1. The lowest BCUT2D eigenvalue weighted by Crippen LogP contribution is -2.39. The zero-order valence-corrected chi connectivity index (χ0v) is 12.1. The van der Waals surface area contributed by atoms with Crippen molar-refractivity contribution < 1.29 is 9.50 Å². The molecule has 4 heteroatoms. The second kappa shape index (κ2) is 8.25. The second-order valence-electron chi connectivity index (χ2n) is 4.79. The Hall–Kier alpha value is -0.970. The fraction of sp³-hybridized carbons (Fsp3) is 0.600. The Bertz CT molecular complexity index is 369. The van der Waals surface area contributed by atoms with Crippen molar-refractivity contribution in [3.63, 3.8) is 0 Å². The molecular weight excluding hydrogens is 243 g/mol. The average Bonchev–Trinajstić information content (AvgIpc) is 2.42. The van der Waals surface area contributed by atoms with Gasteiger partial charge in [-0.2, -0.15) is 0 Å². The molecule has 0 saturated heterocycles. The van der Waals surface area contributed by atoms with Gasteiger partial charge < -0.3 is 15.3 Å². The fourth-order valence-electron chi connectivity index (χ4n) is 2.09. The number of hydrogen-bond donors (Lipinski definition) is 2. The van der Waals surface area contributed by atoms with Gasteiger partial charge in [-0.15, -0.1) is 0 Å². The molecular formula is C15H25FN2O. The van der Waals surface area contributed by atoms with Gasteiger partial charge in [0.1, 0.15) is 5.82 Å². The number of halogens is 1. The molecule has 1 aromatic rings. The van der Waals surface area contributed by atoms with Gasteiger partial charge in [0, 0.05) is 24.7 Å². The van der Waals surface area contributed by atoms with Crippen LogP contribution in [0.25, 0.3) is 0 Å². The predicted octanol–water partition coefficient (Wildman–Crippen LogP) is 2.18. The molecule has 19 heavy (non-hydrogen) atoms. The molecule has 3 nitrogen and oxygen atoms in total. The van der Waals surface area contributed by atoms with Crippen LogP contribution in [0.15, 0.2) is 24.3 Å². The summed E-state index contributed by atoms with van der Waals surface area (Å²) in [6.07, 6.45) is -0.436. The molecule has 0 bridgehead atoms. The van der Waals surface area contributed by atoms with Crippen LogP contribution in [0, 0.1) is 5.82 Å². The minimum Gasteiger partial charge on any atom is -0.390 e. The highest BCUT2D eigenvalue weighted by molar-refractivity contribution is 5.20. The maximum absolute atomic E-state index is 13.6. The second-order valence-corrected chi connectivity index (χ2v) is 4.79. The predicted molar refractivity (Wildman–Crippen MR) is 76.6 cm³/mol. The summed E-state index contributed by atoms with van der Waals surface area (Å²) >= 11 is 0. The van der Waals surface area contributed by atoms with Crippen molar-refractivity contribution >= 4 is 0 Å². The summed E-state index contributed by atoms with van der Waals surface area (Å²) in [5.41, 5.74) is 0.637. The van der Waals surface area contributed by atoms with E-state index in [1.165, 1.54) is 6.07 Å². The normalized spacial score (nSPS) is 14.6. The molecule has 0 aromatic heterocycles. The van der Waals surface area contributed by atoms with E-state index < -0.39 is 6.10 Å². The number of benzene rings is 1. The van der Waals surface area contributed by atoms with Crippen molar-refractivity contribution in [2.24, 2.45) is 0 Å². The van der Waals surface area contributed by atoms with Gasteiger partial charge in [0.15, 0.2) is 0 Å². The summed E-state index contributed by atoms with van der Waals surface area (Å²) in [4.78, 5) is 2.17. The van der Waals surface area contributed by atoms with Gasteiger partial charge in [0.2, 0.25) is 0 Å². The summed E-state index contributed by atoms with van der Waals surface area (Å²) < 4.78 is 13.6. The highest BCUT2D eigenvalue weighted by Crippen LogP contribution is 2.15. The molecule has 0 radical (unpaired) electrons. The lowest BCUT2D eigenvalue weighted by molar-refractivity contribution is 0.114. The highest BCUT2D eigenvalue weighted by Gasteiger charge is 2.13. The van der Waals surface area contributed by atoms with Crippen LogP contribution in [0.5, 0.6) is 0 Å². The monoisotopic (exact) mass is 268 g/mol. The Morgan fingerprint density at radius 1 is 1.26 bits per heavy atom. The topological polar surface area (TPSA) is 35.5 Å². The summed E-state index contributed by atoms with van der Waals surface area (Å²) in [6, 6.07) is 6.63. The molecule has 0 aliphatic rings. The van der Waals surface area contributed by atoms with Gasteiger partial charge in [0.05, 0.1) is 6.10 Å². The molecule has 2 atom stereocenters. The van der Waals surface area contributed by atoms with Crippen LogP contribution in [-0.2, 0) is 0 Å². The van der Waals surface area contributed by atoms with Crippen molar-refractivity contribution in [2.45, 2.75) is 32.9 Å². The van der Waals surface area contributed by atoms with Gasteiger partial charge in [-0.1, -0.05) is 32.0 Å². The molecule has 0 spiro atoms. The van der Waals surface area contributed by atoms with Crippen molar-refractivity contribution in [2.75, 3.05) is 26.2 Å². The third-order valence-corrected chi connectivity index (χ3v) is 3.39. The van der Waals surface area contributed by atoms with Gasteiger partial charge in [-0.3, -0.25) is 0 Å². The maximum atomic E-state index is 13.6. The van der Waals surface area contributed by atoms with Crippen molar-refractivity contribution in [1.82, 2.24) is 10.2 Å². The number of rotatable bonds is 8. The van der Waals surface area contributed by atoms with E-state index in [0.29, 0.717) is 18.7 Å². The lowest BCUT2D eigenvalue weighted by atomic mass is 10.1. The fourth-order valence-corrected chi connectivity index (χ4v) is 2.09. The first-order valence-electron chi connectivity index (χ1n) is 6.96. The van der Waals surface area contributed by atoms with E-state index in [4.69, 9.17) is 0 Å². The number of hydrogen-bond acceptors (Lipinski definition) is 3. The number of nitrogens with one attached hydrogen (secondary N) is 1. The Morgan fingerprint density at radius 2 is 1.89 bits per heavy atom. The van der Waals surface area contributed by atoms with Gasteiger partial charge in [-0.25, -0.2) is 4.39 Å². The Labute approximate surface area is 115 Å². The largest absolute Gasteiger partial charge is 0.390 e. The van der Waals surface area contributed by atoms with E-state index in [2.05, 4.69) is 24.1 Å². The van der Waals surface area contributed by atoms with Crippen LogP contribution in [0.3, 0.4) is 0 Å². The van der Waals surface area contributed by atoms with E-state index in [1.807, 2.05) is 13.0 Å². The summed E-state index contributed by atoms with van der Waals surface area (Å²) in [7, 11) is 0. The standard InChI is InChI=1S/C15H25FN2O/c1-4-18(5-2)11-13(19)10-17-12(3)14-8-6-7-9-15(14)16/h6-9,12-13,17,19H,4-5,10-11H2,1-3H3/t12-,13?/m1/s1. The molecule has 0 fully saturated rings. The van der Waals surface area contributed by atoms with Crippen LogP contribution < -0.4 is 5.32 Å². The number of nitrogens with zero attached hydrogens (tertiary/aromatic N) is 1. The van der Waals surface area contributed by atoms with E-state index in [-0.39, 0.29) is 11.9 Å². The maximum Gasteiger partial charge on any atom is 0.127 e.